The van der Waals surface area contributed by atoms with E-state index in [0.29, 0.717) is 0 Å². The molecule has 0 saturated carbocycles. The molecule has 0 atom stereocenters. The summed E-state index contributed by atoms with van der Waals surface area (Å²) in [6, 6.07) is 0.139. The summed E-state index contributed by atoms with van der Waals surface area (Å²) in [5.41, 5.74) is -1.50. The summed E-state index contributed by atoms with van der Waals surface area (Å²) in [4.78, 5) is 11.3. The standard InChI is InChI=1S/C14H18F4N2O2/c1-14(2,3)22-13(21)20-6-4-5-19-12-10(17)8(15)7-9(16)11(12)18/h7,19H,4-6H2,1-3H3,(H,20,21). The minimum Gasteiger partial charge on any atom is -0.444 e. The molecule has 1 rings (SSSR count). The Labute approximate surface area is 125 Å². The molecule has 0 bridgehead atoms. The zero-order chi connectivity index (χ0) is 16.9. The van der Waals surface area contributed by atoms with Gasteiger partial charge in [-0.1, -0.05) is 0 Å². The first kappa shape index (κ1) is 18.1. The second-order valence-electron chi connectivity index (χ2n) is 5.55. The monoisotopic (exact) mass is 322 g/mol. The first-order valence-electron chi connectivity index (χ1n) is 6.65. The van der Waals surface area contributed by atoms with E-state index < -0.39 is 40.7 Å². The van der Waals surface area contributed by atoms with Gasteiger partial charge in [-0.2, -0.15) is 0 Å². The van der Waals surface area contributed by atoms with E-state index >= 15 is 0 Å². The van der Waals surface area contributed by atoms with E-state index in [1.54, 1.807) is 20.8 Å². The highest BCUT2D eigenvalue weighted by Crippen LogP contribution is 2.23. The fourth-order valence-electron chi connectivity index (χ4n) is 1.53. The van der Waals surface area contributed by atoms with Crippen molar-refractivity contribution >= 4 is 11.8 Å². The van der Waals surface area contributed by atoms with Crippen LogP contribution in [0.1, 0.15) is 27.2 Å². The zero-order valence-electron chi connectivity index (χ0n) is 12.5. The molecule has 22 heavy (non-hydrogen) atoms. The van der Waals surface area contributed by atoms with Crippen molar-refractivity contribution < 1.29 is 27.1 Å². The third-order valence-corrected chi connectivity index (χ3v) is 2.44. The van der Waals surface area contributed by atoms with Crippen molar-refractivity contribution in [2.24, 2.45) is 0 Å². The molecule has 0 radical (unpaired) electrons. The van der Waals surface area contributed by atoms with Gasteiger partial charge in [-0.3, -0.25) is 0 Å². The number of hydrogen-bond donors (Lipinski definition) is 2. The normalized spacial score (nSPS) is 11.2. The zero-order valence-corrected chi connectivity index (χ0v) is 12.5. The molecule has 4 nitrogen and oxygen atoms in total. The second-order valence-corrected chi connectivity index (χ2v) is 5.55. The van der Waals surface area contributed by atoms with Crippen LogP contribution in [0.15, 0.2) is 6.07 Å². The number of ether oxygens (including phenoxy) is 1. The van der Waals surface area contributed by atoms with Gasteiger partial charge in [0, 0.05) is 19.2 Å². The van der Waals surface area contributed by atoms with E-state index in [2.05, 4.69) is 10.6 Å². The Morgan fingerprint density at radius 2 is 1.64 bits per heavy atom. The molecule has 2 N–H and O–H groups in total. The number of carbonyl (C=O) groups is 1. The summed E-state index contributed by atoms with van der Waals surface area (Å²) in [5, 5.41) is 4.70. The number of halogens is 4. The lowest BCUT2D eigenvalue weighted by Crippen LogP contribution is -2.33. The molecule has 1 amide bonds. The van der Waals surface area contributed by atoms with Crippen LogP contribution in [0.2, 0.25) is 0 Å². The van der Waals surface area contributed by atoms with E-state index in [4.69, 9.17) is 4.74 Å². The average molecular weight is 322 g/mol. The number of alkyl carbamates (subject to hydrolysis) is 1. The van der Waals surface area contributed by atoms with Crippen molar-refractivity contribution in [3.63, 3.8) is 0 Å². The summed E-state index contributed by atoms with van der Waals surface area (Å²) >= 11 is 0. The molecule has 0 heterocycles. The lowest BCUT2D eigenvalue weighted by molar-refractivity contribution is 0.0528. The summed E-state index contributed by atoms with van der Waals surface area (Å²) in [5.74, 6) is -5.93. The smallest absolute Gasteiger partial charge is 0.407 e. The third kappa shape index (κ3) is 5.42. The fourth-order valence-corrected chi connectivity index (χ4v) is 1.53. The van der Waals surface area contributed by atoms with Crippen LogP contribution in [0.25, 0.3) is 0 Å². The van der Waals surface area contributed by atoms with Crippen LogP contribution < -0.4 is 10.6 Å². The predicted octanol–water partition coefficient (Wildman–Crippen LogP) is 3.57. The van der Waals surface area contributed by atoms with Crippen molar-refractivity contribution in [2.45, 2.75) is 32.8 Å². The Morgan fingerprint density at radius 3 is 2.14 bits per heavy atom. The maximum atomic E-state index is 13.3. The first-order valence-corrected chi connectivity index (χ1v) is 6.65. The van der Waals surface area contributed by atoms with Crippen LogP contribution in [0.5, 0.6) is 0 Å². The summed E-state index contributed by atoms with van der Waals surface area (Å²) < 4.78 is 57.6. The molecule has 0 aliphatic carbocycles. The van der Waals surface area contributed by atoms with Crippen molar-refractivity contribution in [2.75, 3.05) is 18.4 Å². The van der Waals surface area contributed by atoms with Crippen molar-refractivity contribution in [3.05, 3.63) is 29.3 Å². The Hall–Kier alpha value is -1.99. The molecule has 0 aromatic heterocycles. The van der Waals surface area contributed by atoms with Crippen LogP contribution >= 0.6 is 0 Å². The molecule has 8 heteroatoms. The Balaban J connectivity index is 2.42. The SMILES string of the molecule is CC(C)(C)OC(=O)NCCCNc1c(F)c(F)cc(F)c1F. The van der Waals surface area contributed by atoms with Crippen molar-refractivity contribution in [3.8, 4) is 0 Å². The number of nitrogens with one attached hydrogen (secondary N) is 2. The first-order chi connectivity index (χ1) is 10.1. The Bertz CT molecular complexity index is 518. The number of hydrogen-bond acceptors (Lipinski definition) is 3. The van der Waals surface area contributed by atoms with Gasteiger partial charge in [0.15, 0.2) is 23.3 Å². The van der Waals surface area contributed by atoms with Crippen LogP contribution in [-0.2, 0) is 4.74 Å². The van der Waals surface area contributed by atoms with Gasteiger partial charge < -0.3 is 15.4 Å². The topological polar surface area (TPSA) is 50.4 Å². The maximum absolute atomic E-state index is 13.3. The molecule has 1 aromatic carbocycles. The second kappa shape index (κ2) is 7.33. The van der Waals surface area contributed by atoms with E-state index in [1.165, 1.54) is 0 Å². The average Bonchev–Trinajstić information content (AvgIpc) is 2.37. The molecular weight excluding hydrogens is 304 g/mol. The molecule has 124 valence electrons. The van der Waals surface area contributed by atoms with Crippen molar-refractivity contribution in [1.29, 1.82) is 0 Å². The van der Waals surface area contributed by atoms with Gasteiger partial charge in [0.1, 0.15) is 11.3 Å². The van der Waals surface area contributed by atoms with Crippen LogP contribution in [0.4, 0.5) is 28.0 Å². The van der Waals surface area contributed by atoms with Gasteiger partial charge in [-0.15, -0.1) is 0 Å². The number of benzene rings is 1. The summed E-state index contributed by atoms with van der Waals surface area (Å²) in [7, 11) is 0. The molecule has 0 unspecified atom stereocenters. The number of anilines is 1. The van der Waals surface area contributed by atoms with Gasteiger partial charge >= 0.3 is 6.09 Å². The van der Waals surface area contributed by atoms with Gasteiger partial charge in [-0.05, 0) is 27.2 Å². The Morgan fingerprint density at radius 1 is 1.09 bits per heavy atom. The van der Waals surface area contributed by atoms with Crippen LogP contribution in [-0.4, -0.2) is 24.8 Å². The quantitative estimate of drug-likeness (QED) is 0.495. The van der Waals surface area contributed by atoms with Crippen LogP contribution in [0.3, 0.4) is 0 Å². The minimum absolute atomic E-state index is 0.00648. The highest BCUT2D eigenvalue weighted by molar-refractivity contribution is 5.67. The fraction of sp³-hybridized carbons (Fsp3) is 0.500. The predicted molar refractivity (Wildman–Crippen MR) is 73.6 cm³/mol. The lowest BCUT2D eigenvalue weighted by atomic mass is 10.2. The largest absolute Gasteiger partial charge is 0.444 e. The molecule has 0 fully saturated rings. The van der Waals surface area contributed by atoms with Gasteiger partial charge in [0.25, 0.3) is 0 Å². The lowest BCUT2D eigenvalue weighted by Gasteiger charge is -2.19. The van der Waals surface area contributed by atoms with Crippen LogP contribution in [0, 0.1) is 23.3 Å². The van der Waals surface area contributed by atoms with Gasteiger partial charge in [0.05, 0.1) is 0 Å². The molecule has 0 saturated heterocycles. The summed E-state index contributed by atoms with van der Waals surface area (Å²) in [6.07, 6.45) is -0.349. The number of rotatable bonds is 5. The molecule has 0 spiro atoms. The maximum Gasteiger partial charge on any atom is 0.407 e. The number of amides is 1. The van der Waals surface area contributed by atoms with Gasteiger partial charge in [0.2, 0.25) is 0 Å². The molecule has 1 aromatic rings. The minimum atomic E-state index is -1.49. The van der Waals surface area contributed by atoms with E-state index in [1.807, 2.05) is 0 Å². The summed E-state index contributed by atoms with van der Waals surface area (Å²) in [6.45, 7) is 5.30. The van der Waals surface area contributed by atoms with E-state index in [9.17, 15) is 22.4 Å². The van der Waals surface area contributed by atoms with E-state index in [0.717, 1.165) is 0 Å². The highest BCUT2D eigenvalue weighted by atomic mass is 19.2. The van der Waals surface area contributed by atoms with Gasteiger partial charge in [-0.25, -0.2) is 22.4 Å². The third-order valence-electron chi connectivity index (χ3n) is 2.44. The molecule has 0 aliphatic heterocycles. The molecular formula is C14H18F4N2O2. The van der Waals surface area contributed by atoms with E-state index in [-0.39, 0.29) is 25.6 Å². The highest BCUT2D eigenvalue weighted by Gasteiger charge is 2.19. The number of carbonyl (C=O) groups excluding carboxylic acids is 1. The Kier molecular flexibility index (Phi) is 6.01. The van der Waals surface area contributed by atoms with Crippen molar-refractivity contribution in [1.82, 2.24) is 5.32 Å². The molecule has 0 aliphatic rings.